The number of halogens is 1. The number of benzene rings is 2. The Bertz CT molecular complexity index is 716. The van der Waals surface area contributed by atoms with Crippen molar-refractivity contribution in [1.82, 2.24) is 10.7 Å². The molecule has 0 saturated carbocycles. The monoisotopic (exact) mass is 343 g/mol. The third-order valence-corrected chi connectivity index (χ3v) is 3.20. The third-order valence-electron chi connectivity index (χ3n) is 2.96. The molecule has 0 aromatic heterocycles. The standard InChI is InChI=1S/C18H18FN3OS/c1-2-10-20-18(24)22-21-12-15-4-3-5-17(11-15)23-13-14-6-8-16(19)9-7-14/h2-9,11-12H,1,10,13H2,(H2,20,22,24). The minimum absolute atomic E-state index is 0.259. The van der Waals surface area contributed by atoms with Gasteiger partial charge in [-0.05, 0) is 47.6 Å². The van der Waals surface area contributed by atoms with E-state index in [1.54, 1.807) is 24.4 Å². The van der Waals surface area contributed by atoms with E-state index in [2.05, 4.69) is 22.4 Å². The van der Waals surface area contributed by atoms with E-state index >= 15 is 0 Å². The molecule has 0 saturated heterocycles. The van der Waals surface area contributed by atoms with Gasteiger partial charge in [-0.2, -0.15) is 5.10 Å². The quantitative estimate of drug-likeness (QED) is 0.350. The Morgan fingerprint density at radius 3 is 2.79 bits per heavy atom. The smallest absolute Gasteiger partial charge is 0.187 e. The number of hydrogen-bond acceptors (Lipinski definition) is 3. The van der Waals surface area contributed by atoms with Gasteiger partial charge < -0.3 is 10.1 Å². The predicted molar refractivity (Wildman–Crippen MR) is 98.7 cm³/mol. The second-order valence-corrected chi connectivity index (χ2v) is 5.26. The molecule has 124 valence electrons. The molecule has 2 aromatic rings. The fraction of sp³-hybridized carbons (Fsp3) is 0.111. The van der Waals surface area contributed by atoms with Gasteiger partial charge in [0.1, 0.15) is 18.2 Å². The summed E-state index contributed by atoms with van der Waals surface area (Å²) in [6, 6.07) is 13.7. The molecule has 0 radical (unpaired) electrons. The van der Waals surface area contributed by atoms with E-state index in [-0.39, 0.29) is 5.82 Å². The van der Waals surface area contributed by atoms with E-state index in [0.29, 0.717) is 24.0 Å². The van der Waals surface area contributed by atoms with Crippen LogP contribution in [0.2, 0.25) is 0 Å². The Kier molecular flexibility index (Phi) is 6.91. The zero-order valence-corrected chi connectivity index (χ0v) is 13.9. The molecule has 6 heteroatoms. The van der Waals surface area contributed by atoms with E-state index in [1.165, 1.54) is 12.1 Å². The molecule has 2 aromatic carbocycles. The summed E-state index contributed by atoms with van der Waals surface area (Å²) in [4.78, 5) is 0. The molecule has 4 nitrogen and oxygen atoms in total. The molecule has 2 N–H and O–H groups in total. The Morgan fingerprint density at radius 1 is 1.25 bits per heavy atom. The van der Waals surface area contributed by atoms with E-state index in [4.69, 9.17) is 17.0 Å². The van der Waals surface area contributed by atoms with Crippen molar-refractivity contribution in [2.45, 2.75) is 6.61 Å². The van der Waals surface area contributed by atoms with E-state index < -0.39 is 0 Å². The number of nitrogens with one attached hydrogen (secondary N) is 2. The van der Waals surface area contributed by atoms with Crippen LogP contribution in [0, 0.1) is 5.82 Å². The van der Waals surface area contributed by atoms with Gasteiger partial charge in [0.25, 0.3) is 0 Å². The summed E-state index contributed by atoms with van der Waals surface area (Å²) in [6.45, 7) is 4.54. The molecule has 24 heavy (non-hydrogen) atoms. The van der Waals surface area contributed by atoms with Crippen molar-refractivity contribution in [1.29, 1.82) is 0 Å². The number of ether oxygens (including phenoxy) is 1. The van der Waals surface area contributed by atoms with Crippen LogP contribution >= 0.6 is 12.2 Å². The van der Waals surface area contributed by atoms with Gasteiger partial charge in [0, 0.05) is 6.54 Å². The van der Waals surface area contributed by atoms with Gasteiger partial charge >= 0.3 is 0 Å². The highest BCUT2D eigenvalue weighted by atomic mass is 32.1. The van der Waals surface area contributed by atoms with Gasteiger partial charge in [-0.15, -0.1) is 6.58 Å². The van der Waals surface area contributed by atoms with Crippen molar-refractivity contribution in [2.75, 3.05) is 6.54 Å². The zero-order chi connectivity index (χ0) is 17.2. The lowest BCUT2D eigenvalue weighted by Crippen LogP contribution is -2.31. The number of thiocarbonyl (C=S) groups is 1. The number of nitrogens with zero attached hydrogens (tertiary/aromatic N) is 1. The van der Waals surface area contributed by atoms with E-state index in [1.807, 2.05) is 24.3 Å². The first-order chi connectivity index (χ1) is 11.7. The van der Waals surface area contributed by atoms with Crippen LogP contribution in [0.3, 0.4) is 0 Å². The molecular formula is C18H18FN3OS. The topological polar surface area (TPSA) is 45.7 Å². The summed E-state index contributed by atoms with van der Waals surface area (Å²) < 4.78 is 18.6. The molecule has 0 aliphatic rings. The largest absolute Gasteiger partial charge is 0.489 e. The van der Waals surface area contributed by atoms with Crippen LogP contribution in [0.1, 0.15) is 11.1 Å². The van der Waals surface area contributed by atoms with Crippen LogP contribution in [0.25, 0.3) is 0 Å². The highest BCUT2D eigenvalue weighted by molar-refractivity contribution is 7.80. The normalized spacial score (nSPS) is 10.4. The molecule has 2 rings (SSSR count). The molecule has 0 spiro atoms. The molecule has 0 unspecified atom stereocenters. The van der Waals surface area contributed by atoms with Crippen LogP contribution in [0.5, 0.6) is 5.75 Å². The van der Waals surface area contributed by atoms with Crippen molar-refractivity contribution < 1.29 is 9.13 Å². The van der Waals surface area contributed by atoms with Gasteiger partial charge in [0.05, 0.1) is 6.21 Å². The Morgan fingerprint density at radius 2 is 2.04 bits per heavy atom. The summed E-state index contributed by atoms with van der Waals surface area (Å²) in [7, 11) is 0. The summed E-state index contributed by atoms with van der Waals surface area (Å²) in [5.74, 6) is 0.445. The van der Waals surface area contributed by atoms with Crippen LogP contribution in [-0.4, -0.2) is 17.9 Å². The minimum Gasteiger partial charge on any atom is -0.489 e. The second kappa shape index (κ2) is 9.42. The average Bonchev–Trinajstić information content (AvgIpc) is 2.60. The Labute approximate surface area is 146 Å². The number of rotatable bonds is 7. The highest BCUT2D eigenvalue weighted by Crippen LogP contribution is 2.14. The zero-order valence-electron chi connectivity index (χ0n) is 13.0. The van der Waals surface area contributed by atoms with E-state index in [9.17, 15) is 4.39 Å². The minimum atomic E-state index is -0.259. The van der Waals surface area contributed by atoms with Gasteiger partial charge in [-0.25, -0.2) is 4.39 Å². The molecule has 0 aliphatic heterocycles. The van der Waals surface area contributed by atoms with Crippen LogP contribution in [0.15, 0.2) is 66.3 Å². The van der Waals surface area contributed by atoms with Crippen molar-refractivity contribution in [3.63, 3.8) is 0 Å². The third kappa shape index (κ3) is 6.18. The second-order valence-electron chi connectivity index (χ2n) is 4.86. The summed E-state index contributed by atoms with van der Waals surface area (Å²) >= 11 is 5.03. The molecule has 0 fully saturated rings. The lowest BCUT2D eigenvalue weighted by Gasteiger charge is -2.07. The maximum atomic E-state index is 12.9. The van der Waals surface area contributed by atoms with E-state index in [0.717, 1.165) is 11.1 Å². The fourth-order valence-corrected chi connectivity index (χ4v) is 1.94. The first-order valence-electron chi connectivity index (χ1n) is 7.32. The van der Waals surface area contributed by atoms with Crippen molar-refractivity contribution in [3.8, 4) is 5.75 Å². The van der Waals surface area contributed by atoms with Gasteiger partial charge in [-0.1, -0.05) is 30.3 Å². The molecule has 0 heterocycles. The maximum absolute atomic E-state index is 12.9. The number of hydrogen-bond donors (Lipinski definition) is 2. The van der Waals surface area contributed by atoms with Gasteiger partial charge in [0.2, 0.25) is 0 Å². The highest BCUT2D eigenvalue weighted by Gasteiger charge is 1.98. The van der Waals surface area contributed by atoms with Crippen molar-refractivity contribution >= 4 is 23.5 Å². The maximum Gasteiger partial charge on any atom is 0.187 e. The summed E-state index contributed by atoms with van der Waals surface area (Å²) in [5, 5.41) is 7.39. The Hall–Kier alpha value is -2.73. The molecular weight excluding hydrogens is 325 g/mol. The van der Waals surface area contributed by atoms with Gasteiger partial charge in [0.15, 0.2) is 5.11 Å². The van der Waals surface area contributed by atoms with Gasteiger partial charge in [-0.3, -0.25) is 5.43 Å². The molecule has 0 aliphatic carbocycles. The predicted octanol–water partition coefficient (Wildman–Crippen LogP) is 3.39. The first kappa shape index (κ1) is 17.6. The number of hydrazone groups is 1. The average molecular weight is 343 g/mol. The Balaban J connectivity index is 1.87. The summed E-state index contributed by atoms with van der Waals surface area (Å²) in [6.07, 6.45) is 3.35. The van der Waals surface area contributed by atoms with Crippen molar-refractivity contribution in [3.05, 3.63) is 78.1 Å². The SMILES string of the molecule is C=CCNC(=S)NN=Cc1cccc(OCc2ccc(F)cc2)c1. The summed E-state index contributed by atoms with van der Waals surface area (Å²) in [5.41, 5.74) is 4.48. The van der Waals surface area contributed by atoms with Crippen LogP contribution in [0.4, 0.5) is 4.39 Å². The molecule has 0 amide bonds. The van der Waals surface area contributed by atoms with Crippen LogP contribution < -0.4 is 15.5 Å². The molecule has 0 atom stereocenters. The molecule has 0 bridgehead atoms. The fourth-order valence-electron chi connectivity index (χ4n) is 1.80. The lowest BCUT2D eigenvalue weighted by atomic mass is 10.2. The van der Waals surface area contributed by atoms with Crippen molar-refractivity contribution in [2.24, 2.45) is 5.10 Å². The first-order valence-corrected chi connectivity index (χ1v) is 7.73. The van der Waals surface area contributed by atoms with Crippen LogP contribution in [-0.2, 0) is 6.61 Å². The lowest BCUT2D eigenvalue weighted by molar-refractivity contribution is 0.306.